The lowest BCUT2D eigenvalue weighted by Crippen LogP contribution is -2.09. The smallest absolute Gasteiger partial charge is 0.122 e. The van der Waals surface area contributed by atoms with Gasteiger partial charge in [-0.05, 0) is 24.6 Å². The minimum atomic E-state index is -0.328. The molecule has 0 aromatic heterocycles. The molecule has 0 saturated carbocycles. The van der Waals surface area contributed by atoms with Crippen LogP contribution in [0.3, 0.4) is 0 Å². The van der Waals surface area contributed by atoms with Crippen LogP contribution in [-0.2, 0) is 6.42 Å². The topological polar surface area (TPSA) is 38.7 Å². The van der Waals surface area contributed by atoms with E-state index in [1.54, 1.807) is 14.2 Å². The number of aliphatic hydroxyl groups excluding tert-OH is 1. The molecule has 0 heterocycles. The Bertz CT molecular complexity index is 310. The second-order valence-electron chi connectivity index (χ2n) is 3.44. The summed E-state index contributed by atoms with van der Waals surface area (Å²) >= 11 is 0. The zero-order chi connectivity index (χ0) is 11.3. The van der Waals surface area contributed by atoms with Crippen LogP contribution in [0, 0.1) is 0 Å². The Morgan fingerprint density at radius 3 is 2.53 bits per heavy atom. The van der Waals surface area contributed by atoms with E-state index in [9.17, 15) is 5.11 Å². The zero-order valence-corrected chi connectivity index (χ0v) is 9.49. The van der Waals surface area contributed by atoms with E-state index >= 15 is 0 Å². The molecule has 3 nitrogen and oxygen atoms in total. The van der Waals surface area contributed by atoms with Gasteiger partial charge in [-0.3, -0.25) is 0 Å². The van der Waals surface area contributed by atoms with E-state index in [0.717, 1.165) is 23.5 Å². The van der Waals surface area contributed by atoms with Crippen LogP contribution in [0.2, 0.25) is 0 Å². The largest absolute Gasteiger partial charge is 0.497 e. The molecule has 1 N–H and O–H groups in total. The second kappa shape index (κ2) is 5.61. The number of aliphatic hydroxyl groups is 1. The molecule has 1 rings (SSSR count). The van der Waals surface area contributed by atoms with Gasteiger partial charge in [0, 0.05) is 12.0 Å². The molecular weight excluding hydrogens is 192 g/mol. The third-order valence-corrected chi connectivity index (χ3v) is 2.41. The molecule has 1 aromatic rings. The van der Waals surface area contributed by atoms with Gasteiger partial charge in [-0.15, -0.1) is 0 Å². The first-order chi connectivity index (χ1) is 7.21. The summed E-state index contributed by atoms with van der Waals surface area (Å²) in [5.74, 6) is 1.58. The number of hydrogen-bond acceptors (Lipinski definition) is 3. The molecule has 0 saturated heterocycles. The van der Waals surface area contributed by atoms with Crippen LogP contribution >= 0.6 is 0 Å². The summed E-state index contributed by atoms with van der Waals surface area (Å²) in [5, 5.41) is 9.60. The van der Waals surface area contributed by atoms with Gasteiger partial charge in [-0.25, -0.2) is 0 Å². The Morgan fingerprint density at radius 1 is 1.27 bits per heavy atom. The average molecular weight is 210 g/mol. The van der Waals surface area contributed by atoms with Crippen molar-refractivity contribution in [3.63, 3.8) is 0 Å². The standard InChI is InChI=1S/C12H18O3/c1-4-10(13)7-9-8-11(14-2)5-6-12(9)15-3/h5-6,8,10,13H,4,7H2,1-3H3/t10-/m1/s1. The fourth-order valence-corrected chi connectivity index (χ4v) is 1.44. The molecule has 0 aliphatic heterocycles. The molecule has 0 aliphatic rings. The molecule has 15 heavy (non-hydrogen) atoms. The maximum absolute atomic E-state index is 9.60. The fraction of sp³-hybridized carbons (Fsp3) is 0.500. The van der Waals surface area contributed by atoms with E-state index in [0.29, 0.717) is 6.42 Å². The summed E-state index contributed by atoms with van der Waals surface area (Å²) in [7, 11) is 3.26. The van der Waals surface area contributed by atoms with Crippen molar-refractivity contribution in [3.8, 4) is 11.5 Å². The second-order valence-corrected chi connectivity index (χ2v) is 3.44. The van der Waals surface area contributed by atoms with Crippen LogP contribution in [0.4, 0.5) is 0 Å². The van der Waals surface area contributed by atoms with E-state index in [2.05, 4.69) is 0 Å². The van der Waals surface area contributed by atoms with Gasteiger partial charge in [-0.1, -0.05) is 6.92 Å². The van der Waals surface area contributed by atoms with Crippen molar-refractivity contribution < 1.29 is 14.6 Å². The van der Waals surface area contributed by atoms with E-state index < -0.39 is 0 Å². The van der Waals surface area contributed by atoms with Crippen molar-refractivity contribution >= 4 is 0 Å². The highest BCUT2D eigenvalue weighted by Crippen LogP contribution is 2.25. The van der Waals surface area contributed by atoms with Crippen molar-refractivity contribution in [1.29, 1.82) is 0 Å². The van der Waals surface area contributed by atoms with E-state index in [4.69, 9.17) is 9.47 Å². The highest BCUT2D eigenvalue weighted by atomic mass is 16.5. The third kappa shape index (κ3) is 3.13. The molecule has 1 atom stereocenters. The van der Waals surface area contributed by atoms with E-state index in [1.165, 1.54) is 0 Å². The zero-order valence-electron chi connectivity index (χ0n) is 9.49. The minimum Gasteiger partial charge on any atom is -0.497 e. The number of benzene rings is 1. The summed E-state index contributed by atoms with van der Waals surface area (Å²) in [5.41, 5.74) is 0.978. The Morgan fingerprint density at radius 2 is 2.00 bits per heavy atom. The van der Waals surface area contributed by atoms with Crippen molar-refractivity contribution in [2.75, 3.05) is 14.2 Å². The van der Waals surface area contributed by atoms with Gasteiger partial charge >= 0.3 is 0 Å². The molecule has 0 amide bonds. The molecule has 1 aromatic carbocycles. The third-order valence-electron chi connectivity index (χ3n) is 2.41. The average Bonchev–Trinajstić information content (AvgIpc) is 2.28. The highest BCUT2D eigenvalue weighted by molar-refractivity contribution is 5.40. The first-order valence-corrected chi connectivity index (χ1v) is 5.10. The van der Waals surface area contributed by atoms with E-state index in [-0.39, 0.29) is 6.10 Å². The molecule has 0 fully saturated rings. The normalized spacial score (nSPS) is 12.3. The minimum absolute atomic E-state index is 0.328. The van der Waals surface area contributed by atoms with Gasteiger partial charge in [-0.2, -0.15) is 0 Å². The summed E-state index contributed by atoms with van der Waals surface area (Å²) in [4.78, 5) is 0. The first kappa shape index (κ1) is 11.9. The Labute approximate surface area is 90.6 Å². The SMILES string of the molecule is CC[C@@H](O)Cc1cc(OC)ccc1OC. The van der Waals surface area contributed by atoms with Gasteiger partial charge in [0.05, 0.1) is 20.3 Å². The highest BCUT2D eigenvalue weighted by Gasteiger charge is 2.09. The van der Waals surface area contributed by atoms with Crippen molar-refractivity contribution in [1.82, 2.24) is 0 Å². The maximum atomic E-state index is 9.60. The van der Waals surface area contributed by atoms with E-state index in [1.807, 2.05) is 25.1 Å². The number of ether oxygens (including phenoxy) is 2. The lowest BCUT2D eigenvalue weighted by atomic mass is 10.0. The van der Waals surface area contributed by atoms with Crippen LogP contribution in [0.5, 0.6) is 11.5 Å². The molecule has 0 bridgehead atoms. The molecule has 0 aliphatic carbocycles. The predicted molar refractivity (Wildman–Crippen MR) is 59.5 cm³/mol. The molecule has 0 spiro atoms. The molecule has 3 heteroatoms. The molecular formula is C12H18O3. The number of rotatable bonds is 5. The van der Waals surface area contributed by atoms with Crippen molar-refractivity contribution in [2.24, 2.45) is 0 Å². The maximum Gasteiger partial charge on any atom is 0.122 e. The van der Waals surface area contributed by atoms with Crippen LogP contribution in [0.1, 0.15) is 18.9 Å². The Kier molecular flexibility index (Phi) is 4.43. The monoisotopic (exact) mass is 210 g/mol. The number of methoxy groups -OCH3 is 2. The number of hydrogen-bond donors (Lipinski definition) is 1. The predicted octanol–water partition coefficient (Wildman–Crippen LogP) is 2.02. The fourth-order valence-electron chi connectivity index (χ4n) is 1.44. The van der Waals surface area contributed by atoms with Gasteiger partial charge < -0.3 is 14.6 Å². The summed E-state index contributed by atoms with van der Waals surface area (Å²) in [6.45, 7) is 1.96. The van der Waals surface area contributed by atoms with Crippen LogP contribution in [0.25, 0.3) is 0 Å². The van der Waals surface area contributed by atoms with Crippen LogP contribution < -0.4 is 9.47 Å². The molecule has 0 unspecified atom stereocenters. The van der Waals surface area contributed by atoms with Crippen LogP contribution in [-0.4, -0.2) is 25.4 Å². The molecule has 0 radical (unpaired) electrons. The lowest BCUT2D eigenvalue weighted by Gasteiger charge is -2.13. The first-order valence-electron chi connectivity index (χ1n) is 5.10. The van der Waals surface area contributed by atoms with Crippen molar-refractivity contribution in [3.05, 3.63) is 23.8 Å². The Hall–Kier alpha value is -1.22. The van der Waals surface area contributed by atoms with Crippen molar-refractivity contribution in [2.45, 2.75) is 25.9 Å². The quantitative estimate of drug-likeness (QED) is 0.808. The van der Waals surface area contributed by atoms with Crippen LogP contribution in [0.15, 0.2) is 18.2 Å². The van der Waals surface area contributed by atoms with Gasteiger partial charge in [0.1, 0.15) is 11.5 Å². The van der Waals surface area contributed by atoms with Gasteiger partial charge in [0.25, 0.3) is 0 Å². The molecule has 84 valence electrons. The Balaban J connectivity index is 2.90. The summed E-state index contributed by atoms with van der Waals surface area (Å²) < 4.78 is 10.4. The van der Waals surface area contributed by atoms with Gasteiger partial charge in [0.15, 0.2) is 0 Å². The summed E-state index contributed by atoms with van der Waals surface area (Å²) in [6.07, 6.45) is 1.00. The summed E-state index contributed by atoms with van der Waals surface area (Å²) in [6, 6.07) is 5.61. The van der Waals surface area contributed by atoms with Gasteiger partial charge in [0.2, 0.25) is 0 Å². The lowest BCUT2D eigenvalue weighted by molar-refractivity contribution is 0.169.